The molecule has 6 nitrogen and oxygen atoms in total. The molecule has 0 fully saturated rings. The monoisotopic (exact) mass is 233 g/mol. The van der Waals surface area contributed by atoms with Gasteiger partial charge in [0.05, 0.1) is 0 Å². The first-order valence-electron chi connectivity index (χ1n) is 2.74. The van der Waals surface area contributed by atoms with Crippen molar-refractivity contribution < 1.29 is 46.8 Å². The van der Waals surface area contributed by atoms with E-state index < -0.39 is 17.9 Å². The predicted octanol–water partition coefficient (Wildman–Crippen LogP) is -2.40. The first kappa shape index (κ1) is 22.7. The van der Waals surface area contributed by atoms with Crippen LogP contribution in [0.4, 0.5) is 0 Å². The zero-order valence-corrected chi connectivity index (χ0v) is 8.55. The van der Waals surface area contributed by atoms with Crippen molar-refractivity contribution in [2.45, 2.75) is 20.8 Å². The van der Waals surface area contributed by atoms with Gasteiger partial charge in [-0.1, -0.05) is 0 Å². The topological polar surface area (TPSA) is 118 Å². The van der Waals surface area contributed by atoms with Gasteiger partial charge in [-0.2, -0.15) is 0 Å². The van der Waals surface area contributed by atoms with Gasteiger partial charge in [-0.05, 0) is 13.8 Å². The van der Waals surface area contributed by atoms with E-state index in [1.54, 1.807) is 0 Å². The third-order valence-corrected chi connectivity index (χ3v) is 0. The average Bonchev–Trinajstić information content (AvgIpc) is 1.54. The van der Waals surface area contributed by atoms with E-state index in [0.717, 1.165) is 20.8 Å². The Kier molecular flexibility index (Phi) is 29.9. The fraction of sp³-hybridized carbons (Fsp3) is 0.500. The molecule has 0 aliphatic carbocycles. The summed E-state index contributed by atoms with van der Waals surface area (Å²) < 4.78 is 0. The molecule has 7 heteroatoms. The third kappa shape index (κ3) is 760. The van der Waals surface area contributed by atoms with Crippen molar-refractivity contribution in [2.24, 2.45) is 0 Å². The maximum Gasteiger partial charge on any atom is 2.00 e. The molecule has 0 aromatic heterocycles. The smallest absolute Gasteiger partial charge is 0.550 e. The Bertz CT molecular complexity index is 115. The molecule has 0 rings (SSSR count). The second-order valence-electron chi connectivity index (χ2n) is 1.50. The van der Waals surface area contributed by atoms with Gasteiger partial charge in [-0.15, -0.1) is 0 Å². The zero-order valence-electron chi connectivity index (χ0n) is 7.37. The Morgan fingerprint density at radius 3 is 0.923 bits per heavy atom. The van der Waals surface area contributed by atoms with Gasteiger partial charge < -0.3 is 24.9 Å². The molecule has 0 spiro atoms. The van der Waals surface area contributed by atoms with Crippen LogP contribution in [0.15, 0.2) is 0 Å². The van der Waals surface area contributed by atoms with Gasteiger partial charge in [0.25, 0.3) is 5.97 Å². The van der Waals surface area contributed by atoms with E-state index in [1.807, 2.05) is 0 Å². The molecule has 0 bridgehead atoms. The van der Waals surface area contributed by atoms with Gasteiger partial charge >= 0.3 is 17.1 Å². The Labute approximate surface area is 86.0 Å². The van der Waals surface area contributed by atoms with E-state index in [4.69, 9.17) is 29.7 Å². The quantitative estimate of drug-likeness (QED) is 0.466. The summed E-state index contributed by atoms with van der Waals surface area (Å²) >= 11 is 0. The van der Waals surface area contributed by atoms with Crippen molar-refractivity contribution >= 4 is 17.9 Å². The minimum Gasteiger partial charge on any atom is -0.550 e. The molecule has 0 unspecified atom stereocenters. The summed E-state index contributed by atoms with van der Waals surface area (Å²) in [5, 5.41) is 25.2. The fourth-order valence-electron chi connectivity index (χ4n) is 0. The van der Waals surface area contributed by atoms with Crippen LogP contribution < -0.4 is 10.2 Å². The van der Waals surface area contributed by atoms with Crippen molar-refractivity contribution in [1.82, 2.24) is 0 Å². The average molecular weight is 233 g/mol. The number of carbonyl (C=O) groups excluding carboxylic acids is 2. The Morgan fingerprint density at radius 2 is 0.923 bits per heavy atom. The van der Waals surface area contributed by atoms with E-state index in [9.17, 15) is 0 Å². The molecular weight excluding hydrogens is 223 g/mol. The van der Waals surface area contributed by atoms with E-state index in [1.165, 1.54) is 0 Å². The van der Waals surface area contributed by atoms with Gasteiger partial charge in [0, 0.05) is 18.9 Å². The molecule has 0 aromatic rings. The predicted molar refractivity (Wildman–Crippen MR) is 34.7 cm³/mol. The summed E-state index contributed by atoms with van der Waals surface area (Å²) in [7, 11) is 0. The number of aliphatic carboxylic acids is 3. The summed E-state index contributed by atoms with van der Waals surface area (Å²) in [6, 6.07) is 0. The van der Waals surface area contributed by atoms with E-state index in [-0.39, 0.29) is 17.1 Å². The summed E-state index contributed by atoms with van der Waals surface area (Å²) in [6.45, 7) is 3.03. The first-order chi connectivity index (χ1) is 5.20. The van der Waals surface area contributed by atoms with Crippen molar-refractivity contribution in [3.8, 4) is 0 Å². The standard InChI is InChI=1S/3C2H4O2.Mn/c3*1-2(3)4;/h3*1H3,(H,3,4);/q;;;+2/p-2. The van der Waals surface area contributed by atoms with Crippen LogP contribution in [-0.4, -0.2) is 23.0 Å². The summed E-state index contributed by atoms with van der Waals surface area (Å²) in [6.07, 6.45) is 0. The van der Waals surface area contributed by atoms with Crippen molar-refractivity contribution in [1.29, 1.82) is 0 Å². The fourth-order valence-corrected chi connectivity index (χ4v) is 0. The van der Waals surface area contributed by atoms with Crippen LogP contribution in [0.25, 0.3) is 0 Å². The SMILES string of the molecule is CC(=O)O.CC(=O)[O-].CC(=O)[O-].[Mn+2]. The van der Waals surface area contributed by atoms with Crippen molar-refractivity contribution in [3.63, 3.8) is 0 Å². The normalized spacial score (nSPS) is 5.77. The van der Waals surface area contributed by atoms with Crippen molar-refractivity contribution in [2.75, 3.05) is 0 Å². The van der Waals surface area contributed by atoms with Crippen LogP contribution >= 0.6 is 0 Å². The number of carboxylic acids is 3. The summed E-state index contributed by atoms with van der Waals surface area (Å²) in [5.74, 6) is -3.00. The molecule has 77 valence electrons. The van der Waals surface area contributed by atoms with Crippen LogP contribution in [0.2, 0.25) is 0 Å². The van der Waals surface area contributed by atoms with Crippen molar-refractivity contribution in [3.05, 3.63) is 0 Å². The molecule has 1 radical (unpaired) electrons. The molecule has 13 heavy (non-hydrogen) atoms. The largest absolute Gasteiger partial charge is 2.00 e. The maximum atomic E-state index is 9.00. The van der Waals surface area contributed by atoms with Gasteiger partial charge in [-0.25, -0.2) is 0 Å². The molecular formula is C6H10MnO6. The zero-order chi connectivity index (χ0) is 10.7. The molecule has 0 saturated carbocycles. The number of carboxylic acid groups (broad SMARTS) is 3. The first-order valence-corrected chi connectivity index (χ1v) is 2.74. The number of hydrogen-bond donors (Lipinski definition) is 1. The Balaban J connectivity index is -0.0000000450. The van der Waals surface area contributed by atoms with Gasteiger partial charge in [0.1, 0.15) is 0 Å². The van der Waals surface area contributed by atoms with Crippen LogP contribution in [-0.2, 0) is 31.5 Å². The molecule has 1 N–H and O–H groups in total. The molecule has 0 aliphatic rings. The van der Waals surface area contributed by atoms with Crippen LogP contribution in [0.3, 0.4) is 0 Å². The molecule has 0 atom stereocenters. The number of hydrogen-bond acceptors (Lipinski definition) is 5. The summed E-state index contributed by atoms with van der Waals surface area (Å²) in [5.41, 5.74) is 0. The minimum atomic E-state index is -1.08. The Hall–Kier alpha value is -1.07. The minimum absolute atomic E-state index is 0. The molecule has 0 aromatic carbocycles. The summed E-state index contributed by atoms with van der Waals surface area (Å²) in [4.78, 5) is 26.8. The van der Waals surface area contributed by atoms with Gasteiger partial charge in [0.15, 0.2) is 0 Å². The molecule has 0 saturated heterocycles. The van der Waals surface area contributed by atoms with E-state index in [2.05, 4.69) is 0 Å². The van der Waals surface area contributed by atoms with Gasteiger partial charge in [0.2, 0.25) is 0 Å². The third-order valence-electron chi connectivity index (χ3n) is 0. The van der Waals surface area contributed by atoms with Crippen LogP contribution in [0, 0.1) is 0 Å². The van der Waals surface area contributed by atoms with E-state index in [0.29, 0.717) is 0 Å². The second-order valence-corrected chi connectivity index (χ2v) is 1.50. The molecule has 0 aliphatic heterocycles. The van der Waals surface area contributed by atoms with Crippen LogP contribution in [0.5, 0.6) is 0 Å². The second kappa shape index (κ2) is 17.1. The van der Waals surface area contributed by atoms with E-state index >= 15 is 0 Å². The number of carbonyl (C=O) groups is 3. The molecule has 0 heterocycles. The maximum absolute atomic E-state index is 9.00. The number of rotatable bonds is 0. The Morgan fingerprint density at radius 1 is 0.923 bits per heavy atom. The molecule has 0 amide bonds. The van der Waals surface area contributed by atoms with Gasteiger partial charge in [-0.3, -0.25) is 4.79 Å². The van der Waals surface area contributed by atoms with Crippen LogP contribution in [0.1, 0.15) is 20.8 Å².